The van der Waals surface area contributed by atoms with Crippen molar-refractivity contribution in [2.45, 2.75) is 32.5 Å². The van der Waals surface area contributed by atoms with Gasteiger partial charge in [0.2, 0.25) is 6.17 Å². The van der Waals surface area contributed by atoms with Gasteiger partial charge in [0.25, 0.3) is 5.91 Å². The van der Waals surface area contributed by atoms with Crippen molar-refractivity contribution in [1.82, 2.24) is 4.90 Å². The van der Waals surface area contributed by atoms with E-state index in [1.807, 2.05) is 6.92 Å². The molecule has 2 rings (SSSR count). The lowest BCUT2D eigenvalue weighted by atomic mass is 10.0. The van der Waals surface area contributed by atoms with Crippen molar-refractivity contribution in [1.29, 1.82) is 0 Å². The number of nitrogens with zero attached hydrogens (tertiary/aromatic N) is 1. The maximum absolute atomic E-state index is 13.5. The van der Waals surface area contributed by atoms with E-state index in [1.165, 1.54) is 4.90 Å². The number of hydrogen-bond donors (Lipinski definition) is 1. The number of likely N-dealkylation sites (tertiary alicyclic amines) is 1. The number of amides is 1. The van der Waals surface area contributed by atoms with Crippen molar-refractivity contribution in [3.05, 3.63) is 28.8 Å². The van der Waals surface area contributed by atoms with E-state index in [1.54, 1.807) is 25.1 Å². The standard InChI is InChI=1S/C16H19ClFNO4/c1-9-7-12(17)3-4-13(9)23-10(2)15(20)19-6-5-11(8-19)14(18)16(21)22/h3-4,7,10-11,14H,5-6,8H2,1-2H3,(H,21,22). The zero-order valence-electron chi connectivity index (χ0n) is 13.0. The number of benzene rings is 1. The highest BCUT2D eigenvalue weighted by atomic mass is 35.5. The maximum Gasteiger partial charge on any atom is 0.338 e. The fourth-order valence-corrected chi connectivity index (χ4v) is 2.90. The van der Waals surface area contributed by atoms with Crippen LogP contribution < -0.4 is 4.74 Å². The summed E-state index contributed by atoms with van der Waals surface area (Å²) in [7, 11) is 0. The van der Waals surface area contributed by atoms with Gasteiger partial charge >= 0.3 is 5.97 Å². The van der Waals surface area contributed by atoms with Crippen LogP contribution in [0.5, 0.6) is 5.75 Å². The quantitative estimate of drug-likeness (QED) is 0.892. The Morgan fingerprint density at radius 1 is 1.48 bits per heavy atom. The molecule has 5 nitrogen and oxygen atoms in total. The van der Waals surface area contributed by atoms with Gasteiger partial charge in [0.1, 0.15) is 5.75 Å². The minimum absolute atomic E-state index is 0.0968. The maximum atomic E-state index is 13.5. The Labute approximate surface area is 139 Å². The second-order valence-electron chi connectivity index (χ2n) is 5.74. The number of carboxylic acids is 1. The number of ether oxygens (including phenoxy) is 1. The first-order valence-electron chi connectivity index (χ1n) is 7.38. The smallest absolute Gasteiger partial charge is 0.338 e. The monoisotopic (exact) mass is 343 g/mol. The molecule has 3 atom stereocenters. The molecule has 0 aliphatic carbocycles. The van der Waals surface area contributed by atoms with E-state index in [0.717, 1.165) is 5.56 Å². The summed E-state index contributed by atoms with van der Waals surface area (Å²) in [5.74, 6) is -1.87. The van der Waals surface area contributed by atoms with Crippen molar-refractivity contribution in [2.24, 2.45) is 5.92 Å². The zero-order chi connectivity index (χ0) is 17.1. The molecule has 0 spiro atoms. The fourth-order valence-electron chi connectivity index (χ4n) is 2.67. The van der Waals surface area contributed by atoms with Crippen molar-refractivity contribution in [3.63, 3.8) is 0 Å². The number of carboxylic acid groups (broad SMARTS) is 1. The van der Waals surface area contributed by atoms with Crippen LogP contribution in [0, 0.1) is 12.8 Å². The van der Waals surface area contributed by atoms with E-state index in [2.05, 4.69) is 0 Å². The number of carbonyl (C=O) groups is 2. The molecule has 1 saturated heterocycles. The van der Waals surface area contributed by atoms with E-state index in [0.29, 0.717) is 23.7 Å². The summed E-state index contributed by atoms with van der Waals surface area (Å²) in [6.07, 6.45) is -2.34. The molecule has 23 heavy (non-hydrogen) atoms. The molecule has 1 aromatic carbocycles. The van der Waals surface area contributed by atoms with Gasteiger partial charge in [0.15, 0.2) is 6.10 Å². The highest BCUT2D eigenvalue weighted by molar-refractivity contribution is 6.30. The number of alkyl halides is 1. The first-order chi connectivity index (χ1) is 10.8. The number of hydrogen-bond acceptors (Lipinski definition) is 3. The summed E-state index contributed by atoms with van der Waals surface area (Å²) < 4.78 is 19.2. The molecule has 0 radical (unpaired) electrons. The lowest BCUT2D eigenvalue weighted by Gasteiger charge is -2.22. The Kier molecular flexibility index (Phi) is 5.46. The molecule has 1 aromatic rings. The highest BCUT2D eigenvalue weighted by Crippen LogP contribution is 2.25. The lowest BCUT2D eigenvalue weighted by molar-refractivity contribution is -0.145. The molecule has 0 bridgehead atoms. The Morgan fingerprint density at radius 3 is 2.78 bits per heavy atom. The van der Waals surface area contributed by atoms with Gasteiger partial charge in [0, 0.05) is 24.0 Å². The molecule has 1 aliphatic rings. The van der Waals surface area contributed by atoms with Gasteiger partial charge in [0.05, 0.1) is 0 Å². The first kappa shape index (κ1) is 17.5. The summed E-state index contributed by atoms with van der Waals surface area (Å²) in [6, 6.07) is 5.10. The number of aliphatic carboxylic acids is 1. The number of carbonyl (C=O) groups excluding carboxylic acids is 1. The molecule has 1 amide bonds. The molecule has 1 heterocycles. The van der Waals surface area contributed by atoms with E-state index in [4.69, 9.17) is 21.4 Å². The molecule has 7 heteroatoms. The third kappa shape index (κ3) is 4.13. The molecule has 126 valence electrons. The van der Waals surface area contributed by atoms with Crippen LogP contribution in [0.2, 0.25) is 5.02 Å². The molecule has 1 fully saturated rings. The fraction of sp³-hybridized carbons (Fsp3) is 0.500. The molecule has 1 aliphatic heterocycles. The Bertz CT molecular complexity index is 610. The normalized spacial score (nSPS) is 20.2. The van der Waals surface area contributed by atoms with Crippen LogP contribution in [0.1, 0.15) is 18.9 Å². The van der Waals surface area contributed by atoms with Crippen molar-refractivity contribution >= 4 is 23.5 Å². The summed E-state index contributed by atoms with van der Waals surface area (Å²) in [4.78, 5) is 24.5. The van der Waals surface area contributed by atoms with E-state index < -0.39 is 24.2 Å². The van der Waals surface area contributed by atoms with Crippen LogP contribution >= 0.6 is 11.6 Å². The summed E-state index contributed by atoms with van der Waals surface area (Å²) >= 11 is 5.88. The summed E-state index contributed by atoms with van der Waals surface area (Å²) in [6.45, 7) is 3.88. The van der Waals surface area contributed by atoms with Gasteiger partial charge < -0.3 is 14.7 Å². The number of halogens is 2. The Balaban J connectivity index is 1.96. The Hall–Kier alpha value is -1.82. The van der Waals surface area contributed by atoms with Gasteiger partial charge in [-0.3, -0.25) is 4.79 Å². The Morgan fingerprint density at radius 2 is 2.17 bits per heavy atom. The average Bonchev–Trinajstić information content (AvgIpc) is 2.98. The van der Waals surface area contributed by atoms with Crippen molar-refractivity contribution in [2.75, 3.05) is 13.1 Å². The molecular formula is C16H19ClFNO4. The highest BCUT2D eigenvalue weighted by Gasteiger charge is 2.37. The second kappa shape index (κ2) is 7.17. The summed E-state index contributed by atoms with van der Waals surface area (Å²) in [5.41, 5.74) is 0.811. The SMILES string of the molecule is Cc1cc(Cl)ccc1OC(C)C(=O)N1CCC(C(F)C(=O)O)C1. The van der Waals surface area contributed by atoms with Crippen LogP contribution in [-0.4, -0.2) is 47.2 Å². The number of rotatable bonds is 5. The van der Waals surface area contributed by atoms with E-state index in [9.17, 15) is 14.0 Å². The van der Waals surface area contributed by atoms with Gasteiger partial charge in [-0.25, -0.2) is 9.18 Å². The van der Waals surface area contributed by atoms with Gasteiger partial charge in [-0.15, -0.1) is 0 Å². The van der Waals surface area contributed by atoms with Crippen LogP contribution in [-0.2, 0) is 9.59 Å². The first-order valence-corrected chi connectivity index (χ1v) is 7.76. The van der Waals surface area contributed by atoms with Crippen LogP contribution in [0.25, 0.3) is 0 Å². The van der Waals surface area contributed by atoms with Crippen LogP contribution in [0.3, 0.4) is 0 Å². The molecule has 0 aromatic heterocycles. The van der Waals surface area contributed by atoms with Crippen molar-refractivity contribution in [3.8, 4) is 5.75 Å². The molecule has 1 N–H and O–H groups in total. The van der Waals surface area contributed by atoms with E-state index >= 15 is 0 Å². The third-order valence-corrected chi connectivity index (χ3v) is 4.21. The molecular weight excluding hydrogens is 325 g/mol. The number of aryl methyl sites for hydroxylation is 1. The van der Waals surface area contributed by atoms with Crippen LogP contribution in [0.4, 0.5) is 4.39 Å². The summed E-state index contributed by atoms with van der Waals surface area (Å²) in [5, 5.41) is 9.29. The molecule has 0 saturated carbocycles. The minimum atomic E-state index is -1.94. The van der Waals surface area contributed by atoms with Gasteiger partial charge in [-0.05, 0) is 44.0 Å². The second-order valence-corrected chi connectivity index (χ2v) is 6.18. The predicted molar refractivity (Wildman–Crippen MR) is 83.5 cm³/mol. The van der Waals surface area contributed by atoms with Crippen molar-refractivity contribution < 1.29 is 23.8 Å². The zero-order valence-corrected chi connectivity index (χ0v) is 13.7. The largest absolute Gasteiger partial charge is 0.481 e. The van der Waals surface area contributed by atoms with Crippen LogP contribution in [0.15, 0.2) is 18.2 Å². The third-order valence-electron chi connectivity index (χ3n) is 3.97. The minimum Gasteiger partial charge on any atom is -0.481 e. The molecule has 3 unspecified atom stereocenters. The predicted octanol–water partition coefficient (Wildman–Crippen LogP) is 2.69. The van der Waals surface area contributed by atoms with E-state index in [-0.39, 0.29) is 12.5 Å². The topological polar surface area (TPSA) is 66.8 Å². The lowest BCUT2D eigenvalue weighted by Crippen LogP contribution is -2.40. The average molecular weight is 344 g/mol. The van der Waals surface area contributed by atoms with Gasteiger partial charge in [-0.1, -0.05) is 11.6 Å². The van der Waals surface area contributed by atoms with Gasteiger partial charge in [-0.2, -0.15) is 0 Å².